The monoisotopic (exact) mass is 416 g/mol. The number of ether oxygens (including phenoxy) is 1. The molecule has 3 aromatic rings. The van der Waals surface area contributed by atoms with Gasteiger partial charge in [-0.15, -0.1) is 11.3 Å². The maximum Gasteiger partial charge on any atom is 0.234 e. The van der Waals surface area contributed by atoms with E-state index >= 15 is 0 Å². The Balaban J connectivity index is 1.47. The van der Waals surface area contributed by atoms with Gasteiger partial charge >= 0.3 is 0 Å². The largest absolute Gasteiger partial charge is 0.497 e. The van der Waals surface area contributed by atoms with E-state index in [1.807, 2.05) is 18.2 Å². The molecule has 146 valence electrons. The summed E-state index contributed by atoms with van der Waals surface area (Å²) in [5, 5.41) is 4.39. The number of thiophene rings is 1. The minimum absolute atomic E-state index is 0.128. The Hall–Kier alpha value is -2.36. The van der Waals surface area contributed by atoms with Crippen molar-refractivity contribution in [1.82, 2.24) is 9.97 Å². The Labute approximate surface area is 171 Å². The smallest absolute Gasteiger partial charge is 0.234 e. The lowest BCUT2D eigenvalue weighted by atomic mass is 10.1. The fourth-order valence-electron chi connectivity index (χ4n) is 3.31. The molecule has 1 amide bonds. The molecule has 0 radical (unpaired) electrons. The number of rotatable bonds is 5. The zero-order valence-electron chi connectivity index (χ0n) is 15.7. The molecule has 4 rings (SSSR count). The van der Waals surface area contributed by atoms with Gasteiger partial charge in [-0.25, -0.2) is 9.97 Å². The molecule has 1 atom stereocenters. The van der Waals surface area contributed by atoms with Crippen molar-refractivity contribution in [1.29, 1.82) is 0 Å². The van der Waals surface area contributed by atoms with Crippen molar-refractivity contribution >= 4 is 50.7 Å². The van der Waals surface area contributed by atoms with Crippen LogP contribution >= 0.6 is 23.1 Å². The first-order valence-corrected chi connectivity index (χ1v) is 10.8. The second-order valence-corrected chi connectivity index (χ2v) is 8.80. The van der Waals surface area contributed by atoms with Crippen molar-refractivity contribution in [2.75, 3.05) is 37.5 Å². The summed E-state index contributed by atoms with van der Waals surface area (Å²) in [5.41, 5.74) is 8.24. The van der Waals surface area contributed by atoms with Gasteiger partial charge in [0.15, 0.2) is 5.16 Å². The molecule has 0 aliphatic carbocycles. The standard InChI is InChI=1S/C19H21N5O2S2/c1-24-7-6-13-14(9-24)28-18-16(13)17(20)22-19(23-18)27-10-15(25)21-11-4-3-5-12(8-11)26-2/h3-5,8H,6-7,9-10H2,1-2H3,(H,21,25)(H2,20,22,23)/p+1. The van der Waals surface area contributed by atoms with E-state index in [0.717, 1.165) is 29.7 Å². The van der Waals surface area contributed by atoms with Crippen LogP contribution in [0, 0.1) is 0 Å². The number of nitrogen functional groups attached to an aromatic ring is 1. The normalized spacial score (nSPS) is 16.0. The maximum absolute atomic E-state index is 12.3. The molecule has 0 fully saturated rings. The van der Waals surface area contributed by atoms with Crippen molar-refractivity contribution in [3.05, 3.63) is 34.7 Å². The second kappa shape index (κ2) is 7.94. The molecule has 0 bridgehead atoms. The fraction of sp³-hybridized carbons (Fsp3) is 0.316. The highest BCUT2D eigenvalue weighted by atomic mass is 32.2. The second-order valence-electron chi connectivity index (χ2n) is 6.78. The van der Waals surface area contributed by atoms with Gasteiger partial charge in [0.1, 0.15) is 22.9 Å². The third-order valence-corrected chi connectivity index (χ3v) is 6.66. The quantitative estimate of drug-likeness (QED) is 0.432. The van der Waals surface area contributed by atoms with E-state index in [1.165, 1.54) is 27.1 Å². The number of likely N-dealkylation sites (N-methyl/N-ethyl adjacent to an activating group) is 1. The molecule has 9 heteroatoms. The number of quaternary nitrogens is 1. The van der Waals surface area contributed by atoms with Crippen LogP contribution in [0.5, 0.6) is 5.75 Å². The van der Waals surface area contributed by atoms with Crippen LogP contribution in [-0.2, 0) is 17.8 Å². The Kier molecular flexibility index (Phi) is 5.38. The average molecular weight is 417 g/mol. The Morgan fingerprint density at radius 1 is 1.43 bits per heavy atom. The van der Waals surface area contributed by atoms with Crippen LogP contribution in [0.1, 0.15) is 10.4 Å². The van der Waals surface area contributed by atoms with E-state index in [-0.39, 0.29) is 11.7 Å². The average Bonchev–Trinajstić information content (AvgIpc) is 3.04. The highest BCUT2D eigenvalue weighted by molar-refractivity contribution is 7.99. The Morgan fingerprint density at radius 3 is 3.11 bits per heavy atom. The van der Waals surface area contributed by atoms with Gasteiger partial charge < -0.3 is 20.7 Å². The lowest BCUT2D eigenvalue weighted by Gasteiger charge is -2.19. The van der Waals surface area contributed by atoms with Gasteiger partial charge in [0.2, 0.25) is 5.91 Å². The number of aromatic nitrogens is 2. The molecule has 0 spiro atoms. The molecular formula is C19H22N5O2S2+. The molecule has 0 saturated heterocycles. The van der Waals surface area contributed by atoms with E-state index < -0.39 is 0 Å². The number of hydrogen-bond acceptors (Lipinski definition) is 7. The van der Waals surface area contributed by atoms with Crippen molar-refractivity contribution in [3.63, 3.8) is 0 Å². The van der Waals surface area contributed by atoms with Gasteiger partial charge in [0.25, 0.3) is 0 Å². The van der Waals surface area contributed by atoms with E-state index in [9.17, 15) is 4.79 Å². The van der Waals surface area contributed by atoms with Crippen LogP contribution in [0.25, 0.3) is 10.2 Å². The van der Waals surface area contributed by atoms with Crippen molar-refractivity contribution in [3.8, 4) is 5.75 Å². The van der Waals surface area contributed by atoms with E-state index in [0.29, 0.717) is 22.4 Å². The summed E-state index contributed by atoms with van der Waals surface area (Å²) in [7, 11) is 3.79. The Morgan fingerprint density at radius 2 is 2.29 bits per heavy atom. The van der Waals surface area contributed by atoms with Crippen molar-refractivity contribution < 1.29 is 14.4 Å². The predicted molar refractivity (Wildman–Crippen MR) is 113 cm³/mol. The minimum Gasteiger partial charge on any atom is -0.497 e. The summed E-state index contributed by atoms with van der Waals surface area (Å²) < 4.78 is 5.17. The lowest BCUT2D eigenvalue weighted by molar-refractivity contribution is -0.895. The van der Waals surface area contributed by atoms with Gasteiger partial charge in [-0.3, -0.25) is 4.79 Å². The van der Waals surface area contributed by atoms with Crippen molar-refractivity contribution in [2.24, 2.45) is 0 Å². The first-order chi connectivity index (χ1) is 13.5. The van der Waals surface area contributed by atoms with E-state index in [2.05, 4.69) is 22.3 Å². The molecule has 7 nitrogen and oxygen atoms in total. The third kappa shape index (κ3) is 3.91. The molecule has 1 aromatic carbocycles. The Bertz CT molecular complexity index is 1040. The van der Waals surface area contributed by atoms with Crippen LogP contribution in [-0.4, -0.2) is 42.3 Å². The summed E-state index contributed by atoms with van der Waals surface area (Å²) in [6, 6.07) is 7.26. The molecular weight excluding hydrogens is 394 g/mol. The summed E-state index contributed by atoms with van der Waals surface area (Å²) in [5.74, 6) is 1.29. The summed E-state index contributed by atoms with van der Waals surface area (Å²) >= 11 is 2.98. The first-order valence-electron chi connectivity index (χ1n) is 8.99. The molecule has 3 heterocycles. The van der Waals surface area contributed by atoms with Gasteiger partial charge in [0, 0.05) is 18.2 Å². The molecule has 4 N–H and O–H groups in total. The molecule has 0 saturated carbocycles. The first kappa shape index (κ1) is 19.0. The zero-order valence-corrected chi connectivity index (χ0v) is 17.4. The summed E-state index contributed by atoms with van der Waals surface area (Å²) in [4.78, 5) is 25.1. The van der Waals surface area contributed by atoms with Gasteiger partial charge in [0.05, 0.1) is 36.7 Å². The molecule has 28 heavy (non-hydrogen) atoms. The number of nitrogens with one attached hydrogen (secondary N) is 2. The number of anilines is 2. The van der Waals surface area contributed by atoms with Crippen LogP contribution in [0.3, 0.4) is 0 Å². The van der Waals surface area contributed by atoms with Crippen molar-refractivity contribution in [2.45, 2.75) is 18.1 Å². The van der Waals surface area contributed by atoms with E-state index in [1.54, 1.807) is 24.5 Å². The van der Waals surface area contributed by atoms with Crippen LogP contribution < -0.4 is 20.7 Å². The summed E-state index contributed by atoms with van der Waals surface area (Å²) in [6.07, 6.45) is 1.00. The number of methoxy groups -OCH3 is 1. The topological polar surface area (TPSA) is 94.6 Å². The predicted octanol–water partition coefficient (Wildman–Crippen LogP) is 1.58. The zero-order chi connectivity index (χ0) is 19.7. The fourth-order valence-corrected chi connectivity index (χ4v) is 5.36. The number of fused-ring (bicyclic) bond motifs is 3. The highest BCUT2D eigenvalue weighted by Gasteiger charge is 2.24. The van der Waals surface area contributed by atoms with Gasteiger partial charge in [-0.05, 0) is 17.7 Å². The number of nitrogens with zero attached hydrogens (tertiary/aromatic N) is 2. The number of carbonyl (C=O) groups excluding carboxylic acids is 1. The van der Waals surface area contributed by atoms with Gasteiger partial charge in [-0.1, -0.05) is 17.8 Å². The summed E-state index contributed by atoms with van der Waals surface area (Å²) in [6.45, 7) is 2.10. The third-order valence-electron chi connectivity index (χ3n) is 4.69. The van der Waals surface area contributed by atoms with Crippen LogP contribution in [0.2, 0.25) is 0 Å². The number of hydrogen-bond donors (Lipinski definition) is 3. The van der Waals surface area contributed by atoms with Gasteiger partial charge in [-0.2, -0.15) is 0 Å². The molecule has 1 aliphatic rings. The number of carbonyl (C=O) groups is 1. The molecule has 1 aliphatic heterocycles. The number of thioether (sulfide) groups is 1. The number of nitrogens with two attached hydrogens (primary N) is 1. The van der Waals surface area contributed by atoms with Crippen LogP contribution in [0.15, 0.2) is 29.4 Å². The number of benzene rings is 1. The SMILES string of the molecule is COc1cccc(NC(=O)CSc2nc(N)c3c4c(sc3n2)C[NH+](C)CC4)c1. The highest BCUT2D eigenvalue weighted by Crippen LogP contribution is 2.35. The molecule has 1 unspecified atom stereocenters. The maximum atomic E-state index is 12.3. The number of amides is 1. The van der Waals surface area contributed by atoms with Crippen LogP contribution in [0.4, 0.5) is 11.5 Å². The lowest BCUT2D eigenvalue weighted by Crippen LogP contribution is -3.08. The van der Waals surface area contributed by atoms with E-state index in [4.69, 9.17) is 10.5 Å². The molecule has 2 aromatic heterocycles. The minimum atomic E-state index is -0.128.